The molecule has 0 unspecified atom stereocenters. The van der Waals surface area contributed by atoms with Crippen LogP contribution in [0.4, 0.5) is 0 Å². The fourth-order valence-electron chi connectivity index (χ4n) is 2.49. The van der Waals surface area contributed by atoms with Crippen LogP contribution in [-0.2, 0) is 16.6 Å². The van der Waals surface area contributed by atoms with Crippen molar-refractivity contribution in [2.75, 3.05) is 0 Å². The van der Waals surface area contributed by atoms with E-state index in [9.17, 15) is 8.42 Å². The zero-order valence-corrected chi connectivity index (χ0v) is 13.6. The number of hydrogen-bond acceptors (Lipinski definition) is 4. The van der Waals surface area contributed by atoms with Crippen LogP contribution in [0.5, 0.6) is 0 Å². The van der Waals surface area contributed by atoms with E-state index in [2.05, 4.69) is 14.7 Å². The van der Waals surface area contributed by atoms with Crippen LogP contribution in [0.25, 0.3) is 10.9 Å². The van der Waals surface area contributed by atoms with Crippen LogP contribution in [-0.4, -0.2) is 18.4 Å². The predicted octanol–water partition coefficient (Wildman–Crippen LogP) is 3.17. The lowest BCUT2D eigenvalue weighted by Gasteiger charge is -2.03. The fourth-order valence-corrected chi connectivity index (χ4v) is 3.81. The van der Waals surface area contributed by atoms with Crippen LogP contribution in [0.1, 0.15) is 30.4 Å². The van der Waals surface area contributed by atoms with Crippen molar-refractivity contribution in [3.63, 3.8) is 0 Å². The molecule has 120 valence electrons. The van der Waals surface area contributed by atoms with E-state index in [1.165, 1.54) is 6.20 Å². The number of halogens is 1. The van der Waals surface area contributed by atoms with E-state index in [-0.39, 0.29) is 11.4 Å². The number of benzene rings is 1. The molecule has 1 aromatic carbocycles. The molecule has 0 aliphatic heterocycles. The van der Waals surface area contributed by atoms with E-state index in [1.54, 1.807) is 24.4 Å². The number of fused-ring (bicyclic) bond motifs is 1. The lowest BCUT2D eigenvalue weighted by atomic mass is 10.2. The maximum absolute atomic E-state index is 12.5. The Morgan fingerprint density at radius 3 is 3.00 bits per heavy atom. The third kappa shape index (κ3) is 2.87. The van der Waals surface area contributed by atoms with Crippen LogP contribution in [0, 0.1) is 0 Å². The molecule has 6 nitrogen and oxygen atoms in total. The predicted molar refractivity (Wildman–Crippen MR) is 85.8 cm³/mol. The number of sulfonamides is 1. The molecule has 2 N–H and O–H groups in total. The standard InChI is InChI=1S/C15H14ClN3O3S/c16-10-3-4-11-12(5-10)17-7-14(11)23(20,21)19-8-15-18-6-13(22-15)9-1-2-9/h3-7,9,17,19H,1-2,8H2. The summed E-state index contributed by atoms with van der Waals surface area (Å²) in [6.07, 6.45) is 5.35. The highest BCUT2D eigenvalue weighted by molar-refractivity contribution is 7.89. The molecular weight excluding hydrogens is 338 g/mol. The summed E-state index contributed by atoms with van der Waals surface area (Å²) in [6.45, 7) is 0.0231. The molecule has 0 spiro atoms. The molecular formula is C15H14ClN3O3S. The smallest absolute Gasteiger partial charge is 0.243 e. The molecule has 0 bridgehead atoms. The summed E-state index contributed by atoms with van der Waals surface area (Å²) in [5.74, 6) is 1.66. The second-order valence-corrected chi connectivity index (χ2v) is 7.77. The average Bonchev–Trinajstić information content (AvgIpc) is 3.10. The molecule has 1 fully saturated rings. The quantitative estimate of drug-likeness (QED) is 0.739. The zero-order valence-electron chi connectivity index (χ0n) is 12.0. The molecule has 8 heteroatoms. The van der Waals surface area contributed by atoms with E-state index in [0.717, 1.165) is 18.6 Å². The Kier molecular flexibility index (Phi) is 3.44. The first-order valence-electron chi connectivity index (χ1n) is 7.24. The first kappa shape index (κ1) is 14.7. The van der Waals surface area contributed by atoms with Gasteiger partial charge in [0.15, 0.2) is 0 Å². The summed E-state index contributed by atoms with van der Waals surface area (Å²) in [6, 6.07) is 5.03. The number of aromatic amines is 1. The van der Waals surface area contributed by atoms with Crippen LogP contribution in [0.15, 0.2) is 39.9 Å². The SMILES string of the molecule is O=S(=O)(NCc1ncc(C2CC2)o1)c1c[nH]c2cc(Cl)ccc12. The number of nitrogens with one attached hydrogen (secondary N) is 2. The van der Waals surface area contributed by atoms with Gasteiger partial charge in [0.1, 0.15) is 10.7 Å². The maximum atomic E-state index is 12.5. The van der Waals surface area contributed by atoms with Gasteiger partial charge in [-0.05, 0) is 31.0 Å². The zero-order chi connectivity index (χ0) is 16.0. The van der Waals surface area contributed by atoms with Gasteiger partial charge < -0.3 is 9.40 Å². The van der Waals surface area contributed by atoms with Gasteiger partial charge in [0.2, 0.25) is 15.9 Å². The van der Waals surface area contributed by atoms with Crippen molar-refractivity contribution >= 4 is 32.5 Å². The van der Waals surface area contributed by atoms with E-state index in [1.807, 2.05) is 0 Å². The second kappa shape index (κ2) is 5.36. The highest BCUT2D eigenvalue weighted by atomic mass is 35.5. The first-order chi connectivity index (χ1) is 11.0. The number of oxazole rings is 1. The van der Waals surface area contributed by atoms with Gasteiger partial charge in [-0.25, -0.2) is 18.1 Å². The van der Waals surface area contributed by atoms with Crippen LogP contribution < -0.4 is 4.72 Å². The van der Waals surface area contributed by atoms with Gasteiger partial charge in [0.25, 0.3) is 0 Å². The highest BCUT2D eigenvalue weighted by Gasteiger charge is 2.28. The molecule has 0 radical (unpaired) electrons. The number of H-pyrrole nitrogens is 1. The lowest BCUT2D eigenvalue weighted by molar-refractivity contribution is 0.449. The number of hydrogen-bond donors (Lipinski definition) is 2. The van der Waals surface area contributed by atoms with Gasteiger partial charge in [0.05, 0.1) is 12.7 Å². The molecule has 1 aliphatic carbocycles. The van der Waals surface area contributed by atoms with Crippen molar-refractivity contribution < 1.29 is 12.8 Å². The molecule has 1 saturated carbocycles. The largest absolute Gasteiger partial charge is 0.444 e. The van der Waals surface area contributed by atoms with Gasteiger partial charge in [-0.2, -0.15) is 0 Å². The van der Waals surface area contributed by atoms with Crippen molar-refractivity contribution in [2.45, 2.75) is 30.2 Å². The summed E-state index contributed by atoms with van der Waals surface area (Å²) in [5.41, 5.74) is 0.671. The van der Waals surface area contributed by atoms with Crippen molar-refractivity contribution in [1.82, 2.24) is 14.7 Å². The van der Waals surface area contributed by atoms with E-state index in [4.69, 9.17) is 16.0 Å². The van der Waals surface area contributed by atoms with Gasteiger partial charge in [-0.1, -0.05) is 11.6 Å². The summed E-state index contributed by atoms with van der Waals surface area (Å²) >= 11 is 5.91. The van der Waals surface area contributed by atoms with Gasteiger partial charge in [0, 0.05) is 28.0 Å². The van der Waals surface area contributed by atoms with Gasteiger partial charge in [-0.3, -0.25) is 0 Å². The molecule has 0 amide bonds. The van der Waals surface area contributed by atoms with Gasteiger partial charge in [-0.15, -0.1) is 0 Å². The van der Waals surface area contributed by atoms with Crippen LogP contribution in [0.3, 0.4) is 0 Å². The summed E-state index contributed by atoms with van der Waals surface area (Å²) < 4.78 is 33.1. The van der Waals surface area contributed by atoms with E-state index >= 15 is 0 Å². The minimum Gasteiger partial charge on any atom is -0.444 e. The third-order valence-corrected chi connectivity index (χ3v) is 5.54. The number of nitrogens with zero attached hydrogens (tertiary/aromatic N) is 1. The normalized spacial score (nSPS) is 15.3. The Labute approximate surface area is 137 Å². The molecule has 0 atom stereocenters. The molecule has 4 rings (SSSR count). The maximum Gasteiger partial charge on any atom is 0.243 e. The minimum absolute atomic E-state index is 0.0231. The number of rotatable bonds is 5. The van der Waals surface area contributed by atoms with Crippen molar-refractivity contribution in [3.05, 3.63) is 47.3 Å². The average molecular weight is 352 g/mol. The summed E-state index contributed by atoms with van der Waals surface area (Å²) in [7, 11) is -3.67. The van der Waals surface area contributed by atoms with Crippen molar-refractivity contribution in [1.29, 1.82) is 0 Å². The van der Waals surface area contributed by atoms with Gasteiger partial charge >= 0.3 is 0 Å². The third-order valence-electron chi connectivity index (χ3n) is 3.86. The Hall–Kier alpha value is -1.83. The molecule has 0 saturated heterocycles. The summed E-state index contributed by atoms with van der Waals surface area (Å²) in [4.78, 5) is 7.21. The molecule has 23 heavy (non-hydrogen) atoms. The molecule has 2 heterocycles. The fraction of sp³-hybridized carbons (Fsp3) is 0.267. The lowest BCUT2D eigenvalue weighted by Crippen LogP contribution is -2.23. The molecule has 1 aliphatic rings. The topological polar surface area (TPSA) is 88.0 Å². The summed E-state index contributed by atoms with van der Waals surface area (Å²) in [5, 5.41) is 1.14. The molecule has 3 aromatic rings. The second-order valence-electron chi connectivity index (χ2n) is 5.60. The van der Waals surface area contributed by atoms with Crippen molar-refractivity contribution in [3.8, 4) is 0 Å². The number of aromatic nitrogens is 2. The monoisotopic (exact) mass is 351 g/mol. The Morgan fingerprint density at radius 2 is 2.22 bits per heavy atom. The van der Waals surface area contributed by atoms with E-state index in [0.29, 0.717) is 27.7 Å². The highest BCUT2D eigenvalue weighted by Crippen LogP contribution is 2.40. The van der Waals surface area contributed by atoms with Crippen LogP contribution >= 0.6 is 11.6 Å². The molecule has 2 aromatic heterocycles. The Morgan fingerprint density at radius 1 is 1.39 bits per heavy atom. The first-order valence-corrected chi connectivity index (χ1v) is 9.10. The Bertz CT molecular complexity index is 973. The van der Waals surface area contributed by atoms with E-state index < -0.39 is 10.0 Å². The minimum atomic E-state index is -3.67. The Balaban J connectivity index is 1.56. The van der Waals surface area contributed by atoms with Crippen LogP contribution in [0.2, 0.25) is 5.02 Å². The van der Waals surface area contributed by atoms with Crippen molar-refractivity contribution in [2.24, 2.45) is 0 Å².